The Kier molecular flexibility index (Phi) is 5.65. The monoisotopic (exact) mass is 385 g/mol. The van der Waals surface area contributed by atoms with Gasteiger partial charge in [-0.1, -0.05) is 54.6 Å². The van der Waals surface area contributed by atoms with Crippen LogP contribution in [-0.4, -0.2) is 40.7 Å². The molecule has 0 saturated carbocycles. The van der Waals surface area contributed by atoms with Crippen molar-refractivity contribution in [2.24, 2.45) is 0 Å². The van der Waals surface area contributed by atoms with Crippen LogP contribution in [0.4, 0.5) is 0 Å². The number of nitrogens with zero attached hydrogens (tertiary/aromatic N) is 3. The lowest BCUT2D eigenvalue weighted by Gasteiger charge is -2.47. The molecule has 146 valence electrons. The second-order valence-electron chi connectivity index (χ2n) is 7.23. The highest BCUT2D eigenvalue weighted by atomic mass is 16.2. The average Bonchev–Trinajstić information content (AvgIpc) is 2.74. The van der Waals surface area contributed by atoms with E-state index in [0.29, 0.717) is 17.5 Å². The van der Waals surface area contributed by atoms with Crippen LogP contribution in [0.1, 0.15) is 23.6 Å². The van der Waals surface area contributed by atoms with Gasteiger partial charge in [0.25, 0.3) is 11.8 Å². The van der Waals surface area contributed by atoms with Crippen LogP contribution in [0.2, 0.25) is 0 Å². The first-order valence-corrected chi connectivity index (χ1v) is 9.38. The standard InChI is InChI=1S/C24H23N3O2/c1-4-14-27-22(28)21(15-19-12-8-9-13-20(19)17-25)26(3)23(29)24(27,2)16-18-10-6-5-7-11-18/h4-13,15H,1,14,16H2,2-3H3/b21-15-. The fourth-order valence-electron chi connectivity index (χ4n) is 3.70. The Labute approximate surface area is 171 Å². The van der Waals surface area contributed by atoms with Gasteiger partial charge >= 0.3 is 0 Å². The number of benzene rings is 2. The van der Waals surface area contributed by atoms with Crippen LogP contribution in [0, 0.1) is 11.3 Å². The van der Waals surface area contributed by atoms with Gasteiger partial charge in [0.1, 0.15) is 11.2 Å². The van der Waals surface area contributed by atoms with E-state index in [1.165, 1.54) is 4.90 Å². The lowest BCUT2D eigenvalue weighted by Crippen LogP contribution is -2.65. The van der Waals surface area contributed by atoms with E-state index in [0.717, 1.165) is 5.56 Å². The number of hydrogen-bond acceptors (Lipinski definition) is 3. The van der Waals surface area contributed by atoms with Crippen molar-refractivity contribution < 1.29 is 9.59 Å². The van der Waals surface area contributed by atoms with Gasteiger partial charge < -0.3 is 9.80 Å². The zero-order valence-electron chi connectivity index (χ0n) is 16.6. The van der Waals surface area contributed by atoms with Crippen molar-refractivity contribution >= 4 is 17.9 Å². The van der Waals surface area contributed by atoms with Crippen LogP contribution in [-0.2, 0) is 16.0 Å². The molecular formula is C24H23N3O2. The van der Waals surface area contributed by atoms with E-state index in [2.05, 4.69) is 12.6 Å². The highest BCUT2D eigenvalue weighted by molar-refractivity contribution is 6.09. The molecule has 2 amide bonds. The molecule has 1 heterocycles. The molecule has 1 unspecified atom stereocenters. The summed E-state index contributed by atoms with van der Waals surface area (Å²) in [5.74, 6) is -0.443. The number of rotatable bonds is 5. The van der Waals surface area contributed by atoms with Crippen LogP contribution in [0.3, 0.4) is 0 Å². The molecule has 0 aromatic heterocycles. The molecule has 3 rings (SSSR count). The Morgan fingerprint density at radius 3 is 2.41 bits per heavy atom. The number of carbonyl (C=O) groups excluding carboxylic acids is 2. The van der Waals surface area contributed by atoms with Gasteiger partial charge in [0.05, 0.1) is 11.6 Å². The van der Waals surface area contributed by atoms with Crippen molar-refractivity contribution in [3.63, 3.8) is 0 Å². The first-order chi connectivity index (χ1) is 13.9. The quantitative estimate of drug-likeness (QED) is 0.585. The number of hydrogen-bond donors (Lipinski definition) is 0. The smallest absolute Gasteiger partial charge is 0.271 e. The molecule has 2 aromatic carbocycles. The van der Waals surface area contributed by atoms with Crippen LogP contribution < -0.4 is 0 Å². The zero-order chi connectivity index (χ0) is 21.0. The van der Waals surface area contributed by atoms with Gasteiger partial charge in [0.15, 0.2) is 0 Å². The van der Waals surface area contributed by atoms with Gasteiger partial charge in [-0.15, -0.1) is 6.58 Å². The summed E-state index contributed by atoms with van der Waals surface area (Å²) in [4.78, 5) is 29.8. The summed E-state index contributed by atoms with van der Waals surface area (Å²) in [5, 5.41) is 9.35. The minimum atomic E-state index is -1.03. The highest BCUT2D eigenvalue weighted by Gasteiger charge is 2.49. The summed E-state index contributed by atoms with van der Waals surface area (Å²) in [5.41, 5.74) is 1.23. The Morgan fingerprint density at radius 1 is 1.10 bits per heavy atom. The average molecular weight is 385 g/mol. The Morgan fingerprint density at radius 2 is 1.76 bits per heavy atom. The van der Waals surface area contributed by atoms with E-state index >= 15 is 0 Å². The van der Waals surface area contributed by atoms with Crippen LogP contribution >= 0.6 is 0 Å². The van der Waals surface area contributed by atoms with Gasteiger partial charge in [-0.05, 0) is 30.2 Å². The summed E-state index contributed by atoms with van der Waals surface area (Å²) in [6.07, 6.45) is 3.64. The molecule has 1 saturated heterocycles. The van der Waals surface area contributed by atoms with Crippen LogP contribution in [0.5, 0.6) is 0 Å². The Hall–Kier alpha value is -3.65. The fourth-order valence-corrected chi connectivity index (χ4v) is 3.70. The van der Waals surface area contributed by atoms with Crippen molar-refractivity contribution in [1.82, 2.24) is 9.80 Å². The first kappa shape index (κ1) is 20.1. The molecule has 1 aliphatic rings. The topological polar surface area (TPSA) is 64.4 Å². The Bertz CT molecular complexity index is 1020. The molecule has 0 spiro atoms. The van der Waals surface area contributed by atoms with Crippen LogP contribution in [0.25, 0.3) is 6.08 Å². The van der Waals surface area contributed by atoms with E-state index < -0.39 is 5.54 Å². The molecule has 0 radical (unpaired) electrons. The minimum absolute atomic E-state index is 0.177. The third-order valence-electron chi connectivity index (χ3n) is 5.26. The maximum atomic E-state index is 13.4. The van der Waals surface area contributed by atoms with Gasteiger partial charge in [-0.3, -0.25) is 9.59 Å². The van der Waals surface area contributed by atoms with Crippen LogP contribution in [0.15, 0.2) is 72.9 Å². The maximum absolute atomic E-state index is 13.4. The molecule has 5 nitrogen and oxygen atoms in total. The lowest BCUT2D eigenvalue weighted by atomic mass is 9.86. The fraction of sp³-hybridized carbons (Fsp3) is 0.208. The lowest BCUT2D eigenvalue weighted by molar-refractivity contribution is -0.156. The predicted octanol–water partition coefficient (Wildman–Crippen LogP) is 3.39. The summed E-state index contributed by atoms with van der Waals surface area (Å²) < 4.78 is 0. The summed E-state index contributed by atoms with van der Waals surface area (Å²) in [6.45, 7) is 5.80. The molecule has 1 aliphatic heterocycles. The second-order valence-corrected chi connectivity index (χ2v) is 7.23. The number of carbonyl (C=O) groups is 2. The van der Waals surface area contributed by atoms with Crippen molar-refractivity contribution in [2.75, 3.05) is 13.6 Å². The molecular weight excluding hydrogens is 362 g/mol. The van der Waals surface area contributed by atoms with E-state index in [9.17, 15) is 14.9 Å². The number of nitriles is 1. The van der Waals surface area contributed by atoms with Gasteiger partial charge in [-0.25, -0.2) is 0 Å². The molecule has 1 fully saturated rings. The molecule has 0 aliphatic carbocycles. The van der Waals surface area contributed by atoms with Crippen molar-refractivity contribution in [3.8, 4) is 6.07 Å². The van der Waals surface area contributed by atoms with Crippen molar-refractivity contribution in [1.29, 1.82) is 5.26 Å². The molecule has 1 atom stereocenters. The first-order valence-electron chi connectivity index (χ1n) is 9.38. The SMILES string of the molecule is C=CCN1C(=O)/C(=C/c2ccccc2C#N)N(C)C(=O)C1(C)Cc1ccccc1. The van der Waals surface area contributed by atoms with Gasteiger partial charge in [0, 0.05) is 20.0 Å². The molecule has 0 N–H and O–H groups in total. The second kappa shape index (κ2) is 8.15. The number of amides is 2. The summed E-state index contributed by atoms with van der Waals surface area (Å²) >= 11 is 0. The summed E-state index contributed by atoms with van der Waals surface area (Å²) in [7, 11) is 1.61. The van der Waals surface area contributed by atoms with Gasteiger partial charge in [0.2, 0.25) is 0 Å². The largest absolute Gasteiger partial charge is 0.319 e. The molecule has 0 bridgehead atoms. The number of likely N-dealkylation sites (N-methyl/N-ethyl adjacent to an activating group) is 1. The van der Waals surface area contributed by atoms with Gasteiger partial charge in [-0.2, -0.15) is 5.26 Å². The molecule has 5 heteroatoms. The van der Waals surface area contributed by atoms with E-state index in [1.54, 1.807) is 55.3 Å². The normalized spacial score (nSPS) is 20.7. The highest BCUT2D eigenvalue weighted by Crippen LogP contribution is 2.32. The van der Waals surface area contributed by atoms with Crippen molar-refractivity contribution in [3.05, 3.63) is 89.6 Å². The Balaban J connectivity index is 2.07. The maximum Gasteiger partial charge on any atom is 0.271 e. The third-order valence-corrected chi connectivity index (χ3v) is 5.26. The third kappa shape index (κ3) is 3.70. The summed E-state index contributed by atoms with van der Waals surface area (Å²) in [6, 6.07) is 18.8. The zero-order valence-corrected chi connectivity index (χ0v) is 16.6. The predicted molar refractivity (Wildman–Crippen MR) is 112 cm³/mol. The van der Waals surface area contributed by atoms with E-state index in [1.807, 2.05) is 30.3 Å². The molecule has 2 aromatic rings. The van der Waals surface area contributed by atoms with E-state index in [4.69, 9.17) is 0 Å². The van der Waals surface area contributed by atoms with E-state index in [-0.39, 0.29) is 24.1 Å². The van der Waals surface area contributed by atoms with Crippen molar-refractivity contribution in [2.45, 2.75) is 18.9 Å². The minimum Gasteiger partial charge on any atom is -0.319 e. The molecule has 29 heavy (non-hydrogen) atoms. The number of piperazine rings is 1.